The van der Waals surface area contributed by atoms with E-state index in [-0.39, 0.29) is 0 Å². The van der Waals surface area contributed by atoms with Gasteiger partial charge in [-0.3, -0.25) is 0 Å². The van der Waals surface area contributed by atoms with Crippen molar-refractivity contribution in [1.82, 2.24) is 4.57 Å². The number of aromatic nitrogens is 1. The molecule has 1 heteroatoms. The maximum atomic E-state index is 2.41. The predicted octanol–water partition coefficient (Wildman–Crippen LogP) is 11.4. The molecule has 0 atom stereocenters. The Labute approximate surface area is 257 Å². The Morgan fingerprint density at radius 3 is 1.66 bits per heavy atom. The van der Waals surface area contributed by atoms with E-state index in [1.54, 1.807) is 0 Å². The van der Waals surface area contributed by atoms with Crippen LogP contribution in [0.5, 0.6) is 0 Å². The number of rotatable bonds is 4. The summed E-state index contributed by atoms with van der Waals surface area (Å²) in [4.78, 5) is 0. The van der Waals surface area contributed by atoms with E-state index in [1.165, 1.54) is 83.1 Å². The van der Waals surface area contributed by atoms with E-state index in [0.717, 1.165) is 6.42 Å². The van der Waals surface area contributed by atoms with E-state index in [4.69, 9.17) is 0 Å². The Balaban J connectivity index is 1.16. The van der Waals surface area contributed by atoms with Gasteiger partial charge in [0.05, 0.1) is 11.0 Å². The lowest BCUT2D eigenvalue weighted by Gasteiger charge is -2.12. The Kier molecular flexibility index (Phi) is 5.64. The lowest BCUT2D eigenvalue weighted by atomic mass is 9.92. The van der Waals surface area contributed by atoms with Gasteiger partial charge in [0.1, 0.15) is 0 Å². The molecule has 0 fully saturated rings. The molecule has 9 rings (SSSR count). The van der Waals surface area contributed by atoms with Gasteiger partial charge in [0.2, 0.25) is 0 Å². The minimum absolute atomic E-state index is 0.981. The van der Waals surface area contributed by atoms with Crippen LogP contribution in [0, 0.1) is 0 Å². The van der Waals surface area contributed by atoms with Crippen molar-refractivity contribution in [3.05, 3.63) is 175 Å². The summed E-state index contributed by atoms with van der Waals surface area (Å²) in [5, 5.41) is 2.56. The molecule has 0 saturated carbocycles. The van der Waals surface area contributed by atoms with Crippen LogP contribution in [-0.2, 0) is 6.42 Å². The van der Waals surface area contributed by atoms with Crippen molar-refractivity contribution in [3.63, 3.8) is 0 Å². The van der Waals surface area contributed by atoms with E-state index in [2.05, 4.69) is 168 Å². The molecule has 1 aliphatic rings. The zero-order valence-electron chi connectivity index (χ0n) is 24.2. The summed E-state index contributed by atoms with van der Waals surface area (Å²) in [6, 6.07) is 59.9. The SMILES string of the molecule is c1ccc(-c2ccccc2-c2ccc3c(c2)-c2cc(-c4ccc5c(c4)c4ccccc4n5-c4ccccc4)ccc2C3)cc1. The Bertz CT molecular complexity index is 2340. The summed E-state index contributed by atoms with van der Waals surface area (Å²) in [5.41, 5.74) is 16.7. The quantitative estimate of drug-likeness (QED) is 0.202. The average molecular weight is 560 g/mol. The maximum absolute atomic E-state index is 2.41. The third kappa shape index (κ3) is 3.94. The largest absolute Gasteiger partial charge is 0.309 e. The van der Waals surface area contributed by atoms with Crippen LogP contribution in [0.3, 0.4) is 0 Å². The van der Waals surface area contributed by atoms with Crippen LogP contribution in [-0.4, -0.2) is 4.57 Å². The summed E-state index contributed by atoms with van der Waals surface area (Å²) >= 11 is 0. The van der Waals surface area contributed by atoms with Crippen molar-refractivity contribution in [3.8, 4) is 50.2 Å². The highest BCUT2D eigenvalue weighted by Crippen LogP contribution is 2.43. The summed E-state index contributed by atoms with van der Waals surface area (Å²) in [5.74, 6) is 0. The minimum Gasteiger partial charge on any atom is -0.309 e. The molecule has 44 heavy (non-hydrogen) atoms. The molecule has 0 N–H and O–H groups in total. The molecular weight excluding hydrogens is 530 g/mol. The number of nitrogens with zero attached hydrogens (tertiary/aromatic N) is 1. The van der Waals surface area contributed by atoms with Crippen LogP contribution in [0.25, 0.3) is 72.0 Å². The molecule has 0 radical (unpaired) electrons. The van der Waals surface area contributed by atoms with E-state index in [0.29, 0.717) is 0 Å². The molecule has 206 valence electrons. The van der Waals surface area contributed by atoms with Crippen molar-refractivity contribution >= 4 is 21.8 Å². The first kappa shape index (κ1) is 24.9. The number of fused-ring (bicyclic) bond motifs is 6. The van der Waals surface area contributed by atoms with Crippen LogP contribution in [0.1, 0.15) is 11.1 Å². The van der Waals surface area contributed by atoms with Crippen LogP contribution >= 0.6 is 0 Å². The summed E-state index contributed by atoms with van der Waals surface area (Å²) in [7, 11) is 0. The van der Waals surface area contributed by atoms with Gasteiger partial charge in [-0.25, -0.2) is 0 Å². The second kappa shape index (κ2) is 9.97. The van der Waals surface area contributed by atoms with Gasteiger partial charge in [0, 0.05) is 16.5 Å². The van der Waals surface area contributed by atoms with E-state index < -0.39 is 0 Å². The van der Waals surface area contributed by atoms with Gasteiger partial charge in [-0.1, -0.05) is 121 Å². The fourth-order valence-electron chi connectivity index (χ4n) is 7.13. The lowest BCUT2D eigenvalue weighted by molar-refractivity contribution is 1.18. The van der Waals surface area contributed by atoms with Gasteiger partial charge >= 0.3 is 0 Å². The monoisotopic (exact) mass is 559 g/mol. The van der Waals surface area contributed by atoms with Crippen LogP contribution in [0.4, 0.5) is 0 Å². The van der Waals surface area contributed by atoms with Crippen molar-refractivity contribution in [2.24, 2.45) is 0 Å². The molecular formula is C43H29N. The molecule has 1 aliphatic carbocycles. The molecule has 0 unspecified atom stereocenters. The molecule has 0 amide bonds. The number of hydrogen-bond donors (Lipinski definition) is 0. The third-order valence-electron chi connectivity index (χ3n) is 9.23. The molecule has 7 aromatic carbocycles. The molecule has 0 saturated heterocycles. The Morgan fingerprint density at radius 2 is 0.886 bits per heavy atom. The fraction of sp³-hybridized carbons (Fsp3) is 0.0233. The first-order valence-corrected chi connectivity index (χ1v) is 15.3. The molecule has 8 aromatic rings. The van der Waals surface area contributed by atoms with Gasteiger partial charge in [-0.2, -0.15) is 0 Å². The van der Waals surface area contributed by atoms with E-state index in [1.807, 2.05) is 0 Å². The van der Waals surface area contributed by atoms with Crippen molar-refractivity contribution < 1.29 is 0 Å². The smallest absolute Gasteiger partial charge is 0.0541 e. The highest BCUT2D eigenvalue weighted by Gasteiger charge is 2.21. The van der Waals surface area contributed by atoms with E-state index >= 15 is 0 Å². The van der Waals surface area contributed by atoms with Gasteiger partial charge in [0.15, 0.2) is 0 Å². The summed E-state index contributed by atoms with van der Waals surface area (Å²) < 4.78 is 2.38. The molecule has 1 aromatic heterocycles. The molecule has 1 nitrogen and oxygen atoms in total. The Hall–Kier alpha value is -5.66. The zero-order valence-corrected chi connectivity index (χ0v) is 24.2. The third-order valence-corrected chi connectivity index (χ3v) is 9.23. The zero-order chi connectivity index (χ0) is 29.0. The van der Waals surface area contributed by atoms with Crippen LogP contribution in [0.15, 0.2) is 164 Å². The first-order chi connectivity index (χ1) is 21.8. The fourth-order valence-corrected chi connectivity index (χ4v) is 7.13. The minimum atomic E-state index is 0.981. The molecule has 0 aliphatic heterocycles. The van der Waals surface area contributed by atoms with Crippen LogP contribution < -0.4 is 0 Å². The highest BCUT2D eigenvalue weighted by molar-refractivity contribution is 6.10. The second-order valence-electron chi connectivity index (χ2n) is 11.8. The average Bonchev–Trinajstić information content (AvgIpc) is 3.63. The van der Waals surface area contributed by atoms with Crippen molar-refractivity contribution in [2.45, 2.75) is 6.42 Å². The maximum Gasteiger partial charge on any atom is 0.0541 e. The highest BCUT2D eigenvalue weighted by atomic mass is 15.0. The Morgan fingerprint density at radius 1 is 0.341 bits per heavy atom. The second-order valence-corrected chi connectivity index (χ2v) is 11.8. The van der Waals surface area contributed by atoms with E-state index in [9.17, 15) is 0 Å². The number of hydrogen-bond acceptors (Lipinski definition) is 0. The number of para-hydroxylation sites is 2. The summed E-state index contributed by atoms with van der Waals surface area (Å²) in [6.07, 6.45) is 0.981. The van der Waals surface area contributed by atoms with Gasteiger partial charge in [0.25, 0.3) is 0 Å². The molecule has 1 heterocycles. The standard InChI is InChI=1S/C43H29N/c1-3-11-29(12-4-1)36-15-7-8-16-37(36)34-22-21-33-25-32-20-19-30(26-39(32)40(33)28-34)31-23-24-43-41(27-31)38-17-9-10-18-42(38)44(43)35-13-5-2-6-14-35/h1-24,26-28H,25H2. The van der Waals surface area contributed by atoms with Crippen molar-refractivity contribution in [1.29, 1.82) is 0 Å². The van der Waals surface area contributed by atoms with Crippen molar-refractivity contribution in [2.75, 3.05) is 0 Å². The topological polar surface area (TPSA) is 4.93 Å². The van der Waals surface area contributed by atoms with Crippen LogP contribution in [0.2, 0.25) is 0 Å². The first-order valence-electron chi connectivity index (χ1n) is 15.3. The normalized spacial score (nSPS) is 12.0. The predicted molar refractivity (Wildman–Crippen MR) is 185 cm³/mol. The van der Waals surface area contributed by atoms with Gasteiger partial charge in [-0.05, 0) is 105 Å². The summed E-state index contributed by atoms with van der Waals surface area (Å²) in [6.45, 7) is 0. The lowest BCUT2D eigenvalue weighted by Crippen LogP contribution is -1.92. The van der Waals surface area contributed by atoms with Gasteiger partial charge < -0.3 is 4.57 Å². The molecule has 0 bridgehead atoms. The number of benzene rings is 7. The van der Waals surface area contributed by atoms with Gasteiger partial charge in [-0.15, -0.1) is 0 Å². The molecule has 0 spiro atoms.